The van der Waals surface area contributed by atoms with Crippen molar-refractivity contribution in [1.29, 1.82) is 0 Å². The third-order valence-corrected chi connectivity index (χ3v) is 5.73. The molecule has 0 aliphatic carbocycles. The third kappa shape index (κ3) is 7.24. The van der Waals surface area contributed by atoms with Crippen molar-refractivity contribution >= 4 is 30.7 Å². The van der Waals surface area contributed by atoms with Crippen LogP contribution in [0.15, 0.2) is 0 Å². The van der Waals surface area contributed by atoms with Crippen molar-refractivity contribution in [3.63, 3.8) is 0 Å². The monoisotopic (exact) mass is 419 g/mol. The van der Waals surface area contributed by atoms with E-state index in [0.717, 1.165) is 57.1 Å². The van der Waals surface area contributed by atoms with Gasteiger partial charge in [0.2, 0.25) is 5.91 Å². The second-order valence-corrected chi connectivity index (χ2v) is 7.74. The minimum absolute atomic E-state index is 0. The number of piperidine rings is 1. The third-order valence-electron chi connectivity index (χ3n) is 5.73. The molecule has 0 radical (unpaired) electrons. The molecule has 3 heterocycles. The average Bonchev–Trinajstić information content (AvgIpc) is 2.86. The van der Waals surface area contributed by atoms with Gasteiger partial charge in [0.25, 0.3) is 0 Å². The Morgan fingerprint density at radius 1 is 1.26 bits per heavy atom. The first-order chi connectivity index (χ1) is 12.2. The first-order valence-corrected chi connectivity index (χ1v) is 10.1. The molecule has 0 bridgehead atoms. The van der Waals surface area contributed by atoms with Crippen LogP contribution in [0, 0.1) is 11.8 Å². The molecule has 1 amide bonds. The predicted molar refractivity (Wildman–Crippen MR) is 113 cm³/mol. The van der Waals surface area contributed by atoms with E-state index in [9.17, 15) is 4.79 Å². The van der Waals surface area contributed by atoms with Gasteiger partial charge in [-0.05, 0) is 57.0 Å². The highest BCUT2D eigenvalue weighted by Gasteiger charge is 2.22. The van der Waals surface area contributed by atoms with Crippen molar-refractivity contribution in [3.8, 4) is 0 Å². The fraction of sp³-hybridized carbons (Fsp3) is 0.842. The number of rotatable bonds is 7. The molecule has 0 spiro atoms. The first kappa shape index (κ1) is 24.2. The van der Waals surface area contributed by atoms with Crippen LogP contribution in [0.3, 0.4) is 0 Å². The van der Waals surface area contributed by atoms with E-state index in [1.54, 1.807) is 0 Å². The second-order valence-electron chi connectivity index (χ2n) is 7.74. The summed E-state index contributed by atoms with van der Waals surface area (Å²) < 4.78 is 2.30. The molecule has 2 atom stereocenters. The number of carbonyl (C=O) groups excluding carboxylic acids is 1. The molecular weight excluding hydrogens is 385 g/mol. The Balaban J connectivity index is 0.00000182. The molecule has 8 heteroatoms. The van der Waals surface area contributed by atoms with Crippen LogP contribution in [0.5, 0.6) is 0 Å². The number of aromatic nitrogens is 3. The number of nitrogens with one attached hydrogen (secondary N) is 2. The molecular formula is C19H35Cl2N5O. The van der Waals surface area contributed by atoms with Crippen LogP contribution in [0.1, 0.15) is 63.5 Å². The van der Waals surface area contributed by atoms with Crippen molar-refractivity contribution < 1.29 is 4.79 Å². The Morgan fingerprint density at radius 3 is 2.89 bits per heavy atom. The summed E-state index contributed by atoms with van der Waals surface area (Å²) >= 11 is 0. The fourth-order valence-corrected chi connectivity index (χ4v) is 4.10. The Morgan fingerprint density at radius 2 is 2.11 bits per heavy atom. The molecule has 3 rings (SSSR count). The van der Waals surface area contributed by atoms with Gasteiger partial charge in [-0.1, -0.05) is 13.3 Å². The van der Waals surface area contributed by atoms with Gasteiger partial charge in [-0.15, -0.1) is 35.0 Å². The minimum Gasteiger partial charge on any atom is -0.356 e. The van der Waals surface area contributed by atoms with Crippen LogP contribution in [0.25, 0.3) is 0 Å². The van der Waals surface area contributed by atoms with Crippen molar-refractivity contribution in [1.82, 2.24) is 25.4 Å². The lowest BCUT2D eigenvalue weighted by atomic mass is 9.85. The quantitative estimate of drug-likeness (QED) is 0.666. The summed E-state index contributed by atoms with van der Waals surface area (Å²) in [5, 5.41) is 15.2. The van der Waals surface area contributed by atoms with E-state index in [2.05, 4.69) is 32.3 Å². The van der Waals surface area contributed by atoms with Gasteiger partial charge >= 0.3 is 0 Å². The summed E-state index contributed by atoms with van der Waals surface area (Å²) in [4.78, 5) is 12.2. The summed E-state index contributed by atoms with van der Waals surface area (Å²) in [7, 11) is 0. The van der Waals surface area contributed by atoms with Crippen LogP contribution in [-0.2, 0) is 24.2 Å². The smallest absolute Gasteiger partial charge is 0.220 e. The zero-order chi connectivity index (χ0) is 17.5. The van der Waals surface area contributed by atoms with Crippen molar-refractivity contribution in [2.24, 2.45) is 11.8 Å². The number of nitrogens with zero attached hydrogens (tertiary/aromatic N) is 3. The normalized spacial score (nSPS) is 20.4. The van der Waals surface area contributed by atoms with Crippen LogP contribution in [0.2, 0.25) is 0 Å². The van der Waals surface area contributed by atoms with E-state index in [1.807, 2.05) is 0 Å². The Labute approximate surface area is 175 Å². The predicted octanol–water partition coefficient (Wildman–Crippen LogP) is 2.92. The van der Waals surface area contributed by atoms with E-state index >= 15 is 0 Å². The van der Waals surface area contributed by atoms with Crippen LogP contribution >= 0.6 is 24.8 Å². The molecule has 0 saturated carbocycles. The van der Waals surface area contributed by atoms with Crippen LogP contribution in [0.4, 0.5) is 0 Å². The molecule has 1 fully saturated rings. The van der Waals surface area contributed by atoms with Gasteiger partial charge in [0.15, 0.2) is 0 Å². The Hall–Kier alpha value is -0.850. The number of fused-ring (bicyclic) bond motifs is 1. The lowest BCUT2D eigenvalue weighted by Crippen LogP contribution is -2.35. The molecule has 2 unspecified atom stereocenters. The van der Waals surface area contributed by atoms with E-state index in [-0.39, 0.29) is 30.7 Å². The van der Waals surface area contributed by atoms with E-state index < -0.39 is 0 Å². The number of halogens is 2. The zero-order valence-electron chi connectivity index (χ0n) is 16.4. The van der Waals surface area contributed by atoms with E-state index in [1.165, 1.54) is 32.1 Å². The van der Waals surface area contributed by atoms with Gasteiger partial charge in [0, 0.05) is 32.4 Å². The SMILES string of the molecule is CC(CC(=O)NCCCc1nnc2n1CCCCC2)C1CCCNC1.Cl.Cl. The van der Waals surface area contributed by atoms with Crippen LogP contribution in [-0.4, -0.2) is 40.3 Å². The summed E-state index contributed by atoms with van der Waals surface area (Å²) in [6.07, 6.45) is 9.75. The standard InChI is InChI=1S/C19H33N5O.2ClH/c1-15(16-7-5-10-20-14-16)13-19(25)21-11-6-9-18-23-22-17-8-3-2-4-12-24(17)18;;/h15-16,20H,2-14H2,1H3,(H,21,25);2*1H. The molecule has 1 aromatic heterocycles. The lowest BCUT2D eigenvalue weighted by molar-refractivity contribution is -0.122. The number of aryl methyl sites for hydroxylation is 2. The minimum atomic E-state index is 0. The maximum Gasteiger partial charge on any atom is 0.220 e. The maximum atomic E-state index is 12.2. The van der Waals surface area contributed by atoms with Gasteiger partial charge in [-0.25, -0.2) is 0 Å². The summed E-state index contributed by atoms with van der Waals surface area (Å²) in [5.74, 6) is 3.53. The Bertz CT molecular complexity index is 560. The van der Waals surface area contributed by atoms with E-state index in [4.69, 9.17) is 0 Å². The van der Waals surface area contributed by atoms with Crippen molar-refractivity contribution in [3.05, 3.63) is 11.6 Å². The number of hydrogen-bond donors (Lipinski definition) is 2. The van der Waals surface area contributed by atoms with Gasteiger partial charge in [-0.3, -0.25) is 4.79 Å². The number of carbonyl (C=O) groups is 1. The highest BCUT2D eigenvalue weighted by Crippen LogP contribution is 2.22. The molecule has 2 N–H and O–H groups in total. The molecule has 2 aliphatic rings. The molecule has 1 saturated heterocycles. The molecule has 0 aromatic carbocycles. The van der Waals surface area contributed by atoms with Crippen LogP contribution < -0.4 is 10.6 Å². The van der Waals surface area contributed by atoms with Crippen molar-refractivity contribution in [2.75, 3.05) is 19.6 Å². The highest BCUT2D eigenvalue weighted by atomic mass is 35.5. The highest BCUT2D eigenvalue weighted by molar-refractivity contribution is 5.85. The van der Waals surface area contributed by atoms with Crippen molar-refractivity contribution in [2.45, 2.75) is 71.3 Å². The number of hydrogen-bond acceptors (Lipinski definition) is 4. The largest absolute Gasteiger partial charge is 0.356 e. The average molecular weight is 420 g/mol. The van der Waals surface area contributed by atoms with Gasteiger partial charge in [0.05, 0.1) is 0 Å². The lowest BCUT2D eigenvalue weighted by Gasteiger charge is -2.28. The topological polar surface area (TPSA) is 71.8 Å². The molecule has 2 aliphatic heterocycles. The summed E-state index contributed by atoms with van der Waals surface area (Å²) in [6, 6.07) is 0. The maximum absolute atomic E-state index is 12.2. The second kappa shape index (κ2) is 12.6. The first-order valence-electron chi connectivity index (χ1n) is 10.1. The zero-order valence-corrected chi connectivity index (χ0v) is 18.0. The molecule has 156 valence electrons. The van der Waals surface area contributed by atoms with Gasteiger partial charge in [-0.2, -0.15) is 0 Å². The molecule has 1 aromatic rings. The summed E-state index contributed by atoms with van der Waals surface area (Å²) in [5.41, 5.74) is 0. The molecule has 27 heavy (non-hydrogen) atoms. The number of amides is 1. The van der Waals surface area contributed by atoms with Gasteiger partial charge < -0.3 is 15.2 Å². The van der Waals surface area contributed by atoms with E-state index in [0.29, 0.717) is 18.3 Å². The Kier molecular flexibility index (Phi) is 11.3. The summed E-state index contributed by atoms with van der Waals surface area (Å²) in [6.45, 7) is 6.19. The van der Waals surface area contributed by atoms with Gasteiger partial charge in [0.1, 0.15) is 11.6 Å². The molecule has 6 nitrogen and oxygen atoms in total. The fourth-order valence-electron chi connectivity index (χ4n) is 4.10.